The monoisotopic (exact) mass is 196 g/mol. The first-order valence-electron chi connectivity index (χ1n) is 5.20. The third kappa shape index (κ3) is 3.16. The lowest BCUT2D eigenvalue weighted by atomic mass is 10.1. The summed E-state index contributed by atoms with van der Waals surface area (Å²) in [6, 6.07) is 4.49. The first-order chi connectivity index (χ1) is 6.77. The molecule has 0 aliphatic carbocycles. The molecule has 3 heteroatoms. The van der Waals surface area contributed by atoms with Gasteiger partial charge in [0.2, 0.25) is 0 Å². The maximum Gasteiger partial charge on any atom is 0.117 e. The van der Waals surface area contributed by atoms with Crippen molar-refractivity contribution in [3.8, 4) is 0 Å². The van der Waals surface area contributed by atoms with Crippen molar-refractivity contribution in [1.82, 2.24) is 4.90 Å². The predicted molar refractivity (Wildman–Crippen MR) is 57.9 cm³/mol. The summed E-state index contributed by atoms with van der Waals surface area (Å²) in [4.78, 5) is 2.30. The molecule has 1 aromatic heterocycles. The van der Waals surface area contributed by atoms with Gasteiger partial charge in [0.05, 0.1) is 12.8 Å². The minimum atomic E-state index is 0.560. The zero-order valence-electron chi connectivity index (χ0n) is 9.07. The lowest BCUT2D eigenvalue weighted by molar-refractivity contribution is 0.203. The number of rotatable bonds is 6. The molecule has 0 fully saturated rings. The fourth-order valence-electron chi connectivity index (χ4n) is 1.71. The van der Waals surface area contributed by atoms with Crippen LogP contribution in [0.25, 0.3) is 0 Å². The maximum atomic E-state index is 5.57. The van der Waals surface area contributed by atoms with Crippen LogP contribution in [-0.2, 0) is 6.54 Å². The molecule has 1 heterocycles. The van der Waals surface area contributed by atoms with Crippen LogP contribution in [0.15, 0.2) is 22.8 Å². The minimum Gasteiger partial charge on any atom is -0.468 e. The van der Waals surface area contributed by atoms with Crippen molar-refractivity contribution in [3.63, 3.8) is 0 Å². The summed E-state index contributed by atoms with van der Waals surface area (Å²) in [6.45, 7) is 3.81. The molecule has 0 aliphatic rings. The van der Waals surface area contributed by atoms with Crippen molar-refractivity contribution in [3.05, 3.63) is 24.2 Å². The molecule has 80 valence electrons. The highest BCUT2D eigenvalue weighted by Crippen LogP contribution is 2.11. The van der Waals surface area contributed by atoms with Gasteiger partial charge in [-0.15, -0.1) is 0 Å². The molecule has 2 N–H and O–H groups in total. The first kappa shape index (κ1) is 11.3. The Bertz CT molecular complexity index is 233. The van der Waals surface area contributed by atoms with Crippen molar-refractivity contribution in [2.45, 2.75) is 32.4 Å². The van der Waals surface area contributed by atoms with Gasteiger partial charge in [-0.05, 0) is 38.6 Å². The molecule has 1 atom stereocenters. The largest absolute Gasteiger partial charge is 0.468 e. The Hall–Kier alpha value is -0.800. The highest BCUT2D eigenvalue weighted by atomic mass is 16.3. The average molecular weight is 196 g/mol. The van der Waals surface area contributed by atoms with Crippen LogP contribution in [0.1, 0.15) is 25.5 Å². The van der Waals surface area contributed by atoms with Gasteiger partial charge in [0.15, 0.2) is 0 Å². The van der Waals surface area contributed by atoms with Crippen LogP contribution in [0.5, 0.6) is 0 Å². The third-order valence-electron chi connectivity index (χ3n) is 2.58. The second-order valence-corrected chi connectivity index (χ2v) is 3.63. The molecule has 1 aromatic rings. The minimum absolute atomic E-state index is 0.560. The number of furan rings is 1. The van der Waals surface area contributed by atoms with Crippen molar-refractivity contribution in [2.24, 2.45) is 5.73 Å². The summed E-state index contributed by atoms with van der Waals surface area (Å²) >= 11 is 0. The van der Waals surface area contributed by atoms with Crippen LogP contribution in [0, 0.1) is 0 Å². The van der Waals surface area contributed by atoms with E-state index in [9.17, 15) is 0 Å². The molecule has 0 aromatic carbocycles. The van der Waals surface area contributed by atoms with E-state index in [4.69, 9.17) is 10.2 Å². The van der Waals surface area contributed by atoms with Gasteiger partial charge in [0, 0.05) is 6.04 Å². The van der Waals surface area contributed by atoms with Gasteiger partial charge >= 0.3 is 0 Å². The molecule has 0 amide bonds. The van der Waals surface area contributed by atoms with Gasteiger partial charge in [0.25, 0.3) is 0 Å². The first-order valence-corrected chi connectivity index (χ1v) is 5.20. The van der Waals surface area contributed by atoms with E-state index in [1.165, 1.54) is 0 Å². The highest BCUT2D eigenvalue weighted by molar-refractivity contribution is 4.98. The lowest BCUT2D eigenvalue weighted by Crippen LogP contribution is -2.32. The van der Waals surface area contributed by atoms with Gasteiger partial charge in [-0.2, -0.15) is 0 Å². The molecule has 1 unspecified atom stereocenters. The van der Waals surface area contributed by atoms with Crippen LogP contribution in [0.3, 0.4) is 0 Å². The highest BCUT2D eigenvalue weighted by Gasteiger charge is 2.12. The summed E-state index contributed by atoms with van der Waals surface area (Å²) in [5, 5.41) is 0. The molecular formula is C11H20N2O. The molecule has 0 bridgehead atoms. The van der Waals surface area contributed by atoms with Crippen molar-refractivity contribution in [1.29, 1.82) is 0 Å². The second kappa shape index (κ2) is 5.83. The fraction of sp³-hybridized carbons (Fsp3) is 0.636. The molecule has 3 nitrogen and oxygen atoms in total. The van der Waals surface area contributed by atoms with Gasteiger partial charge in [-0.25, -0.2) is 0 Å². The number of nitrogens with zero attached hydrogens (tertiary/aromatic N) is 1. The van der Waals surface area contributed by atoms with Gasteiger partial charge < -0.3 is 10.2 Å². The predicted octanol–water partition coefficient (Wildman–Crippen LogP) is 1.84. The van der Waals surface area contributed by atoms with Crippen LogP contribution in [-0.4, -0.2) is 24.5 Å². The van der Waals surface area contributed by atoms with Crippen LogP contribution >= 0.6 is 0 Å². The lowest BCUT2D eigenvalue weighted by Gasteiger charge is -2.25. The van der Waals surface area contributed by atoms with E-state index in [-0.39, 0.29) is 0 Å². The summed E-state index contributed by atoms with van der Waals surface area (Å²) in [5.74, 6) is 1.02. The number of hydrogen-bond donors (Lipinski definition) is 1. The average Bonchev–Trinajstić information content (AvgIpc) is 2.66. The third-order valence-corrected chi connectivity index (χ3v) is 2.58. The maximum absolute atomic E-state index is 5.57. The summed E-state index contributed by atoms with van der Waals surface area (Å²) in [5.41, 5.74) is 5.57. The standard InChI is InChI=1S/C11H20N2O/c1-3-10(6-7-12)13(2)9-11-5-4-8-14-11/h4-5,8,10H,3,6-7,9,12H2,1-2H3. The SMILES string of the molecule is CCC(CCN)N(C)Cc1ccco1. The molecule has 0 spiro atoms. The Balaban J connectivity index is 2.43. The van der Waals surface area contributed by atoms with E-state index >= 15 is 0 Å². The van der Waals surface area contributed by atoms with Crippen LogP contribution in [0.2, 0.25) is 0 Å². The normalized spacial score (nSPS) is 13.4. The zero-order valence-corrected chi connectivity index (χ0v) is 9.07. The Morgan fingerprint density at radius 1 is 1.57 bits per heavy atom. The van der Waals surface area contributed by atoms with Crippen LogP contribution < -0.4 is 5.73 Å². The Morgan fingerprint density at radius 2 is 2.36 bits per heavy atom. The van der Waals surface area contributed by atoms with Gasteiger partial charge in [0.1, 0.15) is 5.76 Å². The van der Waals surface area contributed by atoms with E-state index in [2.05, 4.69) is 18.9 Å². The van der Waals surface area contributed by atoms with E-state index in [0.717, 1.165) is 31.7 Å². The van der Waals surface area contributed by atoms with Gasteiger partial charge in [-0.3, -0.25) is 4.90 Å². The summed E-state index contributed by atoms with van der Waals surface area (Å²) < 4.78 is 5.30. The summed E-state index contributed by atoms with van der Waals surface area (Å²) in [7, 11) is 2.12. The molecule has 1 rings (SSSR count). The van der Waals surface area contributed by atoms with E-state index in [0.29, 0.717) is 6.04 Å². The second-order valence-electron chi connectivity index (χ2n) is 3.63. The molecule has 0 radical (unpaired) electrons. The molecule has 0 saturated carbocycles. The molecular weight excluding hydrogens is 176 g/mol. The number of nitrogens with two attached hydrogens (primary N) is 1. The molecule has 0 saturated heterocycles. The van der Waals surface area contributed by atoms with Crippen molar-refractivity contribution < 1.29 is 4.42 Å². The molecule has 0 aliphatic heterocycles. The fourth-order valence-corrected chi connectivity index (χ4v) is 1.71. The Labute approximate surface area is 85.9 Å². The van der Waals surface area contributed by atoms with Crippen molar-refractivity contribution in [2.75, 3.05) is 13.6 Å². The Kier molecular flexibility index (Phi) is 4.70. The quantitative estimate of drug-likeness (QED) is 0.755. The Morgan fingerprint density at radius 3 is 2.86 bits per heavy atom. The smallest absolute Gasteiger partial charge is 0.117 e. The number of hydrogen-bond acceptors (Lipinski definition) is 3. The van der Waals surface area contributed by atoms with Crippen molar-refractivity contribution >= 4 is 0 Å². The topological polar surface area (TPSA) is 42.4 Å². The summed E-state index contributed by atoms with van der Waals surface area (Å²) in [6.07, 6.45) is 3.90. The zero-order chi connectivity index (χ0) is 10.4. The van der Waals surface area contributed by atoms with Gasteiger partial charge in [-0.1, -0.05) is 6.92 Å². The van der Waals surface area contributed by atoms with Crippen LogP contribution in [0.4, 0.5) is 0 Å². The van der Waals surface area contributed by atoms with E-state index in [1.54, 1.807) is 6.26 Å². The molecule has 14 heavy (non-hydrogen) atoms. The van der Waals surface area contributed by atoms with E-state index in [1.807, 2.05) is 12.1 Å². The van der Waals surface area contributed by atoms with E-state index < -0.39 is 0 Å².